The molecule has 0 unspecified atom stereocenters. The minimum Gasteiger partial charge on any atom is -0.383 e. The van der Waals surface area contributed by atoms with Crippen LogP contribution in [-0.4, -0.2) is 39.8 Å². The molecule has 7 heteroatoms. The molecule has 0 aliphatic heterocycles. The largest absolute Gasteiger partial charge is 0.383 e. The van der Waals surface area contributed by atoms with Crippen LogP contribution in [0.5, 0.6) is 0 Å². The lowest BCUT2D eigenvalue weighted by Crippen LogP contribution is -2.43. The van der Waals surface area contributed by atoms with Crippen LogP contribution in [-0.2, 0) is 10.3 Å². The maximum absolute atomic E-state index is 6.51. The molecule has 4 aromatic rings. The highest BCUT2D eigenvalue weighted by Crippen LogP contribution is 2.39. The van der Waals surface area contributed by atoms with Gasteiger partial charge in [0.25, 0.3) is 5.78 Å². The molecule has 1 fully saturated rings. The Morgan fingerprint density at radius 2 is 1.81 bits per heavy atom. The number of anilines is 1. The van der Waals surface area contributed by atoms with Gasteiger partial charge in [0.2, 0.25) is 5.95 Å². The number of nitrogens with one attached hydrogen (secondary N) is 1. The Morgan fingerprint density at radius 1 is 1.03 bits per heavy atom. The summed E-state index contributed by atoms with van der Waals surface area (Å²) in [5.74, 6) is 1.08. The van der Waals surface area contributed by atoms with Crippen LogP contribution in [0.1, 0.15) is 24.8 Å². The number of methoxy groups -OCH3 is 1. The Morgan fingerprint density at radius 3 is 2.48 bits per heavy atom. The summed E-state index contributed by atoms with van der Waals surface area (Å²) in [6, 6.07) is 18.7. The number of ether oxygens (including phenoxy) is 1. The summed E-state index contributed by atoms with van der Waals surface area (Å²) in [6.07, 6.45) is 5.28. The lowest BCUT2D eigenvalue weighted by molar-refractivity contribution is 0.210. The molecule has 1 aliphatic rings. The maximum atomic E-state index is 6.51. The lowest BCUT2D eigenvalue weighted by Gasteiger charge is -2.38. The van der Waals surface area contributed by atoms with E-state index in [1.54, 1.807) is 11.6 Å². The zero-order valence-electron chi connectivity index (χ0n) is 17.6. The van der Waals surface area contributed by atoms with E-state index in [1.807, 2.05) is 24.4 Å². The molecule has 2 aromatic heterocycles. The number of hydrogen-bond donors (Lipinski definition) is 2. The zero-order valence-corrected chi connectivity index (χ0v) is 17.6. The average molecular weight is 415 g/mol. The van der Waals surface area contributed by atoms with Gasteiger partial charge in [0.05, 0.1) is 12.3 Å². The Balaban J connectivity index is 1.57. The second kappa shape index (κ2) is 8.09. The Labute approximate surface area is 181 Å². The van der Waals surface area contributed by atoms with Crippen molar-refractivity contribution in [2.24, 2.45) is 5.73 Å². The molecule has 3 N–H and O–H groups in total. The number of aromatic nitrogens is 4. The molecule has 0 radical (unpaired) electrons. The fourth-order valence-electron chi connectivity index (χ4n) is 4.02. The van der Waals surface area contributed by atoms with Crippen LogP contribution in [0.15, 0.2) is 60.8 Å². The van der Waals surface area contributed by atoms with E-state index in [0.717, 1.165) is 35.2 Å². The van der Waals surface area contributed by atoms with Crippen molar-refractivity contribution >= 4 is 11.7 Å². The van der Waals surface area contributed by atoms with Gasteiger partial charge in [-0.25, -0.2) is 9.50 Å². The predicted octanol–water partition coefficient (Wildman–Crippen LogP) is 3.85. The summed E-state index contributed by atoms with van der Waals surface area (Å²) in [7, 11) is 1.67. The number of fused-ring (bicyclic) bond motifs is 1. The Bertz CT molecular complexity index is 1180. The fourth-order valence-corrected chi connectivity index (χ4v) is 4.02. The third-order valence-corrected chi connectivity index (χ3v) is 5.98. The molecule has 5 rings (SSSR count). The first-order valence-electron chi connectivity index (χ1n) is 10.6. The molecule has 2 aromatic carbocycles. The van der Waals surface area contributed by atoms with Gasteiger partial charge in [-0.1, -0.05) is 54.6 Å². The van der Waals surface area contributed by atoms with E-state index in [9.17, 15) is 0 Å². The highest BCUT2D eigenvalue weighted by Gasteiger charge is 2.34. The van der Waals surface area contributed by atoms with E-state index >= 15 is 0 Å². The minimum absolute atomic E-state index is 0.173. The summed E-state index contributed by atoms with van der Waals surface area (Å²) in [4.78, 5) is 9.42. The summed E-state index contributed by atoms with van der Waals surface area (Å²) in [6.45, 7) is 1.21. The predicted molar refractivity (Wildman–Crippen MR) is 122 cm³/mol. The molecule has 1 aliphatic carbocycles. The van der Waals surface area contributed by atoms with Crippen LogP contribution in [0.3, 0.4) is 0 Å². The van der Waals surface area contributed by atoms with Gasteiger partial charge in [-0.15, -0.1) is 5.10 Å². The van der Waals surface area contributed by atoms with E-state index < -0.39 is 0 Å². The molecule has 0 amide bonds. The van der Waals surface area contributed by atoms with Crippen molar-refractivity contribution in [3.05, 3.63) is 66.4 Å². The van der Waals surface area contributed by atoms with E-state index in [4.69, 9.17) is 15.5 Å². The first-order valence-corrected chi connectivity index (χ1v) is 10.6. The van der Waals surface area contributed by atoms with Crippen LogP contribution >= 0.6 is 0 Å². The average Bonchev–Trinajstić information content (AvgIpc) is 3.19. The van der Waals surface area contributed by atoms with Crippen LogP contribution in [0.25, 0.3) is 28.2 Å². The topological polar surface area (TPSA) is 90.4 Å². The van der Waals surface area contributed by atoms with Crippen LogP contribution in [0.4, 0.5) is 5.95 Å². The van der Waals surface area contributed by atoms with Crippen LogP contribution in [0, 0.1) is 0 Å². The molecule has 0 saturated heterocycles. The van der Waals surface area contributed by atoms with Crippen LogP contribution in [0.2, 0.25) is 0 Å². The van der Waals surface area contributed by atoms with E-state index in [1.165, 1.54) is 12.0 Å². The van der Waals surface area contributed by atoms with E-state index in [2.05, 4.69) is 51.8 Å². The molecule has 0 spiro atoms. The van der Waals surface area contributed by atoms with Gasteiger partial charge < -0.3 is 15.8 Å². The quantitative estimate of drug-likeness (QED) is 0.447. The second-order valence-electron chi connectivity index (χ2n) is 8.06. The molecule has 158 valence electrons. The third kappa shape index (κ3) is 3.78. The molecule has 7 nitrogen and oxygen atoms in total. The van der Waals surface area contributed by atoms with Gasteiger partial charge in [-0.3, -0.25) is 0 Å². The normalized spacial score (nSPS) is 15.0. The van der Waals surface area contributed by atoms with Crippen molar-refractivity contribution in [2.45, 2.75) is 24.8 Å². The minimum atomic E-state index is -0.173. The smallest absolute Gasteiger partial charge is 0.254 e. The Kier molecular flexibility index (Phi) is 5.13. The van der Waals surface area contributed by atoms with Crippen molar-refractivity contribution in [2.75, 3.05) is 25.6 Å². The third-order valence-electron chi connectivity index (χ3n) is 5.98. The molecule has 0 atom stereocenters. The molecular formula is C24H26N6O. The van der Waals surface area contributed by atoms with Gasteiger partial charge in [-0.05, 0) is 30.4 Å². The van der Waals surface area contributed by atoms with E-state index in [0.29, 0.717) is 24.9 Å². The molecule has 0 bridgehead atoms. The molecular weight excluding hydrogens is 388 g/mol. The first-order chi connectivity index (χ1) is 15.2. The summed E-state index contributed by atoms with van der Waals surface area (Å²) < 4.78 is 6.81. The second-order valence-corrected chi connectivity index (χ2v) is 8.06. The number of nitrogens with zero attached hydrogens (tertiary/aromatic N) is 4. The first kappa shape index (κ1) is 19.7. The number of hydrogen-bond acceptors (Lipinski definition) is 6. The van der Waals surface area contributed by atoms with Crippen molar-refractivity contribution in [1.29, 1.82) is 0 Å². The lowest BCUT2D eigenvalue weighted by atomic mass is 9.72. The summed E-state index contributed by atoms with van der Waals surface area (Å²) in [5, 5.41) is 7.70. The van der Waals surface area contributed by atoms with Gasteiger partial charge in [-0.2, -0.15) is 4.98 Å². The maximum Gasteiger partial charge on any atom is 0.254 e. The van der Waals surface area contributed by atoms with Crippen molar-refractivity contribution < 1.29 is 4.74 Å². The number of rotatable bonds is 7. The van der Waals surface area contributed by atoms with Gasteiger partial charge in [0, 0.05) is 36.5 Å². The molecule has 1 saturated carbocycles. The fraction of sp³-hybridized carbons (Fsp3) is 0.292. The van der Waals surface area contributed by atoms with Crippen molar-refractivity contribution in [1.82, 2.24) is 19.6 Å². The molecule has 31 heavy (non-hydrogen) atoms. The van der Waals surface area contributed by atoms with E-state index in [-0.39, 0.29) is 5.54 Å². The molecule has 2 heterocycles. The standard InChI is InChI=1S/C24H26N6O/c1-31-15-14-26-22-28-23-27-21(18-8-10-19(11-9-18)24(25)12-5-13-24)20(16-30(23)29-22)17-6-3-2-4-7-17/h2-4,6-11,16H,5,12-15,25H2,1H3,(H,26,29). The van der Waals surface area contributed by atoms with Gasteiger partial charge in [0.15, 0.2) is 0 Å². The summed E-state index contributed by atoms with van der Waals surface area (Å²) in [5.41, 5.74) is 11.5. The zero-order chi connectivity index (χ0) is 21.3. The van der Waals surface area contributed by atoms with Crippen LogP contribution < -0.4 is 11.1 Å². The number of benzene rings is 2. The van der Waals surface area contributed by atoms with Gasteiger partial charge >= 0.3 is 0 Å². The SMILES string of the molecule is COCCNc1nc2nc(-c3ccc(C4(N)CCC4)cc3)c(-c3ccccc3)cn2n1. The van der Waals surface area contributed by atoms with Crippen molar-refractivity contribution in [3.63, 3.8) is 0 Å². The van der Waals surface area contributed by atoms with Crippen molar-refractivity contribution in [3.8, 4) is 22.4 Å². The highest BCUT2D eigenvalue weighted by molar-refractivity contribution is 5.81. The summed E-state index contributed by atoms with van der Waals surface area (Å²) >= 11 is 0. The monoisotopic (exact) mass is 414 g/mol. The Hall–Kier alpha value is -3.29. The highest BCUT2D eigenvalue weighted by atomic mass is 16.5. The van der Waals surface area contributed by atoms with Gasteiger partial charge in [0.1, 0.15) is 0 Å². The number of nitrogens with two attached hydrogens (primary N) is 1.